The topological polar surface area (TPSA) is 12.0 Å². The van der Waals surface area contributed by atoms with E-state index in [1.807, 2.05) is 32.0 Å². The van der Waals surface area contributed by atoms with Crippen LogP contribution in [0.3, 0.4) is 0 Å². The summed E-state index contributed by atoms with van der Waals surface area (Å²) in [6, 6.07) is 8.84. The quantitative estimate of drug-likeness (QED) is 0.825. The maximum atomic E-state index is 13.2. The zero-order valence-electron chi connectivity index (χ0n) is 10.7. The summed E-state index contributed by atoms with van der Waals surface area (Å²) in [4.78, 5) is 0. The highest BCUT2D eigenvalue weighted by atomic mass is 35.5. The van der Waals surface area contributed by atoms with Gasteiger partial charge in [0.2, 0.25) is 0 Å². The lowest BCUT2D eigenvalue weighted by molar-refractivity contribution is 0.577. The maximum Gasteiger partial charge on any atom is 0.126 e. The van der Waals surface area contributed by atoms with Gasteiger partial charge in [-0.25, -0.2) is 8.78 Å². The Hall–Kier alpha value is -1.61. The largest absolute Gasteiger partial charge is 0.377 e. The van der Waals surface area contributed by atoms with Gasteiger partial charge in [-0.3, -0.25) is 0 Å². The highest BCUT2D eigenvalue weighted by Gasteiger charge is 2.10. The van der Waals surface area contributed by atoms with E-state index in [4.69, 9.17) is 11.6 Å². The number of aryl methyl sites for hydroxylation is 1. The molecule has 0 saturated carbocycles. The van der Waals surface area contributed by atoms with Gasteiger partial charge in [0.1, 0.15) is 11.6 Å². The molecule has 0 aliphatic rings. The number of benzene rings is 2. The number of nitrogens with one attached hydrogen (secondary N) is 1. The van der Waals surface area contributed by atoms with Gasteiger partial charge in [0.15, 0.2) is 0 Å². The van der Waals surface area contributed by atoms with Crippen molar-refractivity contribution < 1.29 is 8.78 Å². The zero-order chi connectivity index (χ0) is 14.0. The molecule has 19 heavy (non-hydrogen) atoms. The van der Waals surface area contributed by atoms with Crippen molar-refractivity contribution in [2.45, 2.75) is 19.9 Å². The van der Waals surface area contributed by atoms with Crippen LogP contribution in [-0.4, -0.2) is 0 Å². The van der Waals surface area contributed by atoms with Gasteiger partial charge in [-0.2, -0.15) is 0 Å². The van der Waals surface area contributed by atoms with Crippen LogP contribution in [0.5, 0.6) is 0 Å². The Kier molecular flexibility index (Phi) is 4.05. The molecule has 1 nitrogen and oxygen atoms in total. The standard InChI is InChI=1S/C15H14ClF2N/c1-9-3-4-15(14(16)5-9)19-10(2)11-6-12(17)8-13(18)7-11/h3-8,10,19H,1-2H3. The molecule has 0 amide bonds. The van der Waals surface area contributed by atoms with Gasteiger partial charge in [0.25, 0.3) is 0 Å². The molecule has 2 aromatic carbocycles. The van der Waals surface area contributed by atoms with Crippen LogP contribution in [0.15, 0.2) is 36.4 Å². The first kappa shape index (κ1) is 13.8. The third-order valence-electron chi connectivity index (χ3n) is 2.88. The van der Waals surface area contributed by atoms with Gasteiger partial charge in [0.05, 0.1) is 10.7 Å². The molecule has 4 heteroatoms. The van der Waals surface area contributed by atoms with Crippen molar-refractivity contribution in [2.24, 2.45) is 0 Å². The smallest absolute Gasteiger partial charge is 0.126 e. The summed E-state index contributed by atoms with van der Waals surface area (Å²) in [7, 11) is 0. The number of hydrogen-bond acceptors (Lipinski definition) is 1. The first-order valence-electron chi connectivity index (χ1n) is 5.94. The van der Waals surface area contributed by atoms with E-state index >= 15 is 0 Å². The molecule has 1 unspecified atom stereocenters. The molecule has 0 aliphatic carbocycles. The monoisotopic (exact) mass is 281 g/mol. The van der Waals surface area contributed by atoms with Gasteiger partial charge < -0.3 is 5.32 Å². The molecular weight excluding hydrogens is 268 g/mol. The normalized spacial score (nSPS) is 12.3. The van der Waals surface area contributed by atoms with E-state index in [9.17, 15) is 8.78 Å². The summed E-state index contributed by atoms with van der Waals surface area (Å²) in [5.74, 6) is -1.17. The lowest BCUT2D eigenvalue weighted by Gasteiger charge is -2.17. The Morgan fingerprint density at radius 1 is 1.05 bits per heavy atom. The highest BCUT2D eigenvalue weighted by Crippen LogP contribution is 2.27. The Morgan fingerprint density at radius 3 is 2.26 bits per heavy atom. The van der Waals surface area contributed by atoms with Gasteiger partial charge in [-0.1, -0.05) is 17.7 Å². The molecule has 0 fully saturated rings. The number of rotatable bonds is 3. The minimum absolute atomic E-state index is 0.245. The van der Waals surface area contributed by atoms with E-state index in [1.54, 1.807) is 0 Å². The number of halogens is 3. The second kappa shape index (κ2) is 5.57. The molecule has 1 N–H and O–H groups in total. The predicted molar refractivity (Wildman–Crippen MR) is 74.6 cm³/mol. The fourth-order valence-electron chi connectivity index (χ4n) is 1.88. The first-order chi connectivity index (χ1) is 8.95. The van der Waals surface area contributed by atoms with Crippen molar-refractivity contribution in [2.75, 3.05) is 5.32 Å². The third kappa shape index (κ3) is 3.44. The fourth-order valence-corrected chi connectivity index (χ4v) is 2.17. The van der Waals surface area contributed by atoms with Crippen LogP contribution in [0.25, 0.3) is 0 Å². The predicted octanol–water partition coefficient (Wildman–Crippen LogP) is 5.10. The zero-order valence-corrected chi connectivity index (χ0v) is 11.4. The Morgan fingerprint density at radius 2 is 1.68 bits per heavy atom. The molecule has 2 aromatic rings. The Balaban J connectivity index is 2.22. The maximum absolute atomic E-state index is 13.2. The van der Waals surface area contributed by atoms with Crippen molar-refractivity contribution in [3.05, 3.63) is 64.2 Å². The van der Waals surface area contributed by atoms with Gasteiger partial charge >= 0.3 is 0 Å². The van der Waals surface area contributed by atoms with Gasteiger partial charge in [0, 0.05) is 12.1 Å². The highest BCUT2D eigenvalue weighted by molar-refractivity contribution is 6.33. The van der Waals surface area contributed by atoms with Crippen molar-refractivity contribution in [1.29, 1.82) is 0 Å². The van der Waals surface area contributed by atoms with Gasteiger partial charge in [-0.05, 0) is 49.2 Å². The summed E-state index contributed by atoms with van der Waals surface area (Å²) in [6.45, 7) is 3.77. The van der Waals surface area contributed by atoms with E-state index in [1.165, 1.54) is 12.1 Å². The molecule has 100 valence electrons. The molecule has 0 aromatic heterocycles. The van der Waals surface area contributed by atoms with Crippen LogP contribution in [0.2, 0.25) is 5.02 Å². The molecule has 0 spiro atoms. The third-order valence-corrected chi connectivity index (χ3v) is 3.19. The molecule has 2 rings (SSSR count). The van der Waals surface area contributed by atoms with Crippen LogP contribution in [-0.2, 0) is 0 Å². The van der Waals surface area contributed by atoms with E-state index in [-0.39, 0.29) is 6.04 Å². The van der Waals surface area contributed by atoms with Crippen molar-refractivity contribution in [1.82, 2.24) is 0 Å². The van der Waals surface area contributed by atoms with Crippen LogP contribution >= 0.6 is 11.6 Å². The molecular formula is C15H14ClF2N. The summed E-state index contributed by atoms with van der Waals surface area (Å²) in [6.07, 6.45) is 0. The van der Waals surface area contributed by atoms with E-state index in [0.717, 1.165) is 17.3 Å². The SMILES string of the molecule is Cc1ccc(NC(C)c2cc(F)cc(F)c2)c(Cl)c1. The lowest BCUT2D eigenvalue weighted by Crippen LogP contribution is -2.07. The number of hydrogen-bond donors (Lipinski definition) is 1. The van der Waals surface area contributed by atoms with Crippen LogP contribution < -0.4 is 5.32 Å². The van der Waals surface area contributed by atoms with Crippen LogP contribution in [0, 0.1) is 18.6 Å². The van der Waals surface area contributed by atoms with Crippen LogP contribution in [0.1, 0.15) is 24.1 Å². The first-order valence-corrected chi connectivity index (χ1v) is 6.32. The minimum atomic E-state index is -0.585. The Bertz CT molecular complexity index is 578. The molecule has 1 atom stereocenters. The molecule has 0 bridgehead atoms. The minimum Gasteiger partial charge on any atom is -0.377 e. The Labute approximate surface area is 116 Å². The van der Waals surface area contributed by atoms with E-state index in [0.29, 0.717) is 10.6 Å². The number of anilines is 1. The van der Waals surface area contributed by atoms with E-state index < -0.39 is 11.6 Å². The van der Waals surface area contributed by atoms with Crippen molar-refractivity contribution in [3.8, 4) is 0 Å². The van der Waals surface area contributed by atoms with Crippen molar-refractivity contribution >= 4 is 17.3 Å². The molecule has 0 heterocycles. The fraction of sp³-hybridized carbons (Fsp3) is 0.200. The summed E-state index contributed by atoms with van der Waals surface area (Å²) >= 11 is 6.11. The summed E-state index contributed by atoms with van der Waals surface area (Å²) < 4.78 is 26.3. The summed E-state index contributed by atoms with van der Waals surface area (Å²) in [5.41, 5.74) is 2.33. The van der Waals surface area contributed by atoms with Crippen molar-refractivity contribution in [3.63, 3.8) is 0 Å². The average Bonchev–Trinajstić information content (AvgIpc) is 2.31. The van der Waals surface area contributed by atoms with Gasteiger partial charge in [-0.15, -0.1) is 0 Å². The lowest BCUT2D eigenvalue weighted by atomic mass is 10.1. The summed E-state index contributed by atoms with van der Waals surface area (Å²) in [5, 5.41) is 3.73. The molecule has 0 aliphatic heterocycles. The van der Waals surface area contributed by atoms with Crippen LogP contribution in [0.4, 0.5) is 14.5 Å². The second-order valence-electron chi connectivity index (χ2n) is 4.55. The second-order valence-corrected chi connectivity index (χ2v) is 4.96. The average molecular weight is 282 g/mol. The molecule has 0 saturated heterocycles. The molecule has 0 radical (unpaired) electrons. The van der Waals surface area contributed by atoms with E-state index in [2.05, 4.69) is 5.32 Å².